The summed E-state index contributed by atoms with van der Waals surface area (Å²) in [4.78, 5) is 0. The minimum Gasteiger partial charge on any atom is -0.694 e. The third-order valence-corrected chi connectivity index (χ3v) is 0.177. The van der Waals surface area contributed by atoms with E-state index in [1.807, 2.05) is 6.92 Å². The summed E-state index contributed by atoms with van der Waals surface area (Å²) in [6.07, 6.45) is 6.94. The Bertz CT molecular complexity index is 33.4. The van der Waals surface area contributed by atoms with Gasteiger partial charge in [0.15, 0.2) is 0 Å². The summed E-state index contributed by atoms with van der Waals surface area (Å²) in [5.74, 6) is 2.18. The summed E-state index contributed by atoms with van der Waals surface area (Å²) < 4.78 is 0. The SMILES string of the molecule is [C-]#CCC.[Cu+]. The van der Waals surface area contributed by atoms with Gasteiger partial charge in [0.05, 0.1) is 0 Å². The van der Waals surface area contributed by atoms with Crippen molar-refractivity contribution < 1.29 is 17.1 Å². The van der Waals surface area contributed by atoms with Crippen LogP contribution < -0.4 is 0 Å². The zero-order valence-corrected chi connectivity index (χ0v) is 3.95. The van der Waals surface area contributed by atoms with Crippen molar-refractivity contribution in [3.63, 3.8) is 0 Å². The van der Waals surface area contributed by atoms with Crippen LogP contribution in [0.4, 0.5) is 0 Å². The third kappa shape index (κ3) is 15.1. The molecule has 0 N–H and O–H groups in total. The molecular formula is C4H5Cu. The maximum Gasteiger partial charge on any atom is 1.00 e. The van der Waals surface area contributed by atoms with Gasteiger partial charge < -0.3 is 12.3 Å². The zero-order chi connectivity index (χ0) is 3.41. The van der Waals surface area contributed by atoms with Gasteiger partial charge in [-0.15, -0.1) is 0 Å². The van der Waals surface area contributed by atoms with E-state index in [-0.39, 0.29) is 17.1 Å². The van der Waals surface area contributed by atoms with E-state index in [4.69, 9.17) is 6.42 Å². The second-order valence-electron chi connectivity index (χ2n) is 0.530. The summed E-state index contributed by atoms with van der Waals surface area (Å²) in [7, 11) is 0. The van der Waals surface area contributed by atoms with Crippen LogP contribution >= 0.6 is 0 Å². The van der Waals surface area contributed by atoms with E-state index in [9.17, 15) is 0 Å². The van der Waals surface area contributed by atoms with Gasteiger partial charge in [-0.3, -0.25) is 0 Å². The van der Waals surface area contributed by atoms with Crippen molar-refractivity contribution in [2.45, 2.75) is 13.3 Å². The van der Waals surface area contributed by atoms with Crippen LogP contribution in [0.1, 0.15) is 13.3 Å². The van der Waals surface area contributed by atoms with Crippen LogP contribution in [0.3, 0.4) is 0 Å². The molecule has 0 saturated carbocycles. The quantitative estimate of drug-likeness (QED) is 0.252. The van der Waals surface area contributed by atoms with Crippen LogP contribution in [0.2, 0.25) is 0 Å². The first kappa shape index (κ1) is 8.91. The molecule has 0 rings (SSSR count). The fourth-order valence-corrected chi connectivity index (χ4v) is 0. The Morgan fingerprint density at radius 3 is 2.00 bits per heavy atom. The third-order valence-electron chi connectivity index (χ3n) is 0.177. The first-order valence-electron chi connectivity index (χ1n) is 1.31. The molecule has 0 radical (unpaired) electrons. The summed E-state index contributed by atoms with van der Waals surface area (Å²) in [6.45, 7) is 1.88. The van der Waals surface area contributed by atoms with Crippen molar-refractivity contribution in [1.29, 1.82) is 0 Å². The van der Waals surface area contributed by atoms with Crippen molar-refractivity contribution in [2.24, 2.45) is 0 Å². The predicted octanol–water partition coefficient (Wildman–Crippen LogP) is 0.984. The molecule has 0 amide bonds. The first-order chi connectivity index (χ1) is 1.91. The van der Waals surface area contributed by atoms with Gasteiger partial charge >= 0.3 is 17.1 Å². The van der Waals surface area contributed by atoms with E-state index in [0.29, 0.717) is 0 Å². The summed E-state index contributed by atoms with van der Waals surface area (Å²) in [5.41, 5.74) is 0. The molecule has 0 unspecified atom stereocenters. The first-order valence-corrected chi connectivity index (χ1v) is 1.31. The number of hydrogen-bond donors (Lipinski definition) is 0. The van der Waals surface area contributed by atoms with Gasteiger partial charge in [0.25, 0.3) is 0 Å². The van der Waals surface area contributed by atoms with E-state index >= 15 is 0 Å². The molecule has 0 saturated heterocycles. The van der Waals surface area contributed by atoms with Crippen molar-refractivity contribution in [2.75, 3.05) is 0 Å². The van der Waals surface area contributed by atoms with E-state index in [1.54, 1.807) is 0 Å². The Morgan fingerprint density at radius 1 is 1.80 bits per heavy atom. The van der Waals surface area contributed by atoms with Gasteiger partial charge in [0.2, 0.25) is 0 Å². The van der Waals surface area contributed by atoms with Crippen LogP contribution in [0, 0.1) is 12.3 Å². The van der Waals surface area contributed by atoms with E-state index < -0.39 is 0 Å². The maximum atomic E-state index is 6.20. The molecule has 0 aliphatic heterocycles. The second-order valence-corrected chi connectivity index (χ2v) is 0.530. The molecular weight excluding hydrogens is 112 g/mol. The van der Waals surface area contributed by atoms with Crippen molar-refractivity contribution in [3.05, 3.63) is 6.42 Å². The normalized spacial score (nSPS) is 4.00. The Kier molecular flexibility index (Phi) is 15.9. The molecule has 0 aromatic rings. The van der Waals surface area contributed by atoms with Crippen molar-refractivity contribution >= 4 is 0 Å². The Balaban J connectivity index is 0. The molecule has 0 nitrogen and oxygen atoms in total. The van der Waals surface area contributed by atoms with E-state index in [2.05, 4.69) is 5.92 Å². The predicted molar refractivity (Wildman–Crippen MR) is 17.4 cm³/mol. The molecule has 32 valence electrons. The standard InChI is InChI=1S/C4H5.Cu/c1-3-4-2;/h3H2,1H3;/q-1;+1. The summed E-state index contributed by atoms with van der Waals surface area (Å²) in [5, 5.41) is 0. The van der Waals surface area contributed by atoms with Crippen LogP contribution in [0.25, 0.3) is 0 Å². The van der Waals surface area contributed by atoms with E-state index in [1.165, 1.54) is 0 Å². The fourth-order valence-electron chi connectivity index (χ4n) is 0. The molecule has 0 aliphatic rings. The molecule has 5 heavy (non-hydrogen) atoms. The molecule has 0 spiro atoms. The molecule has 0 aromatic carbocycles. The molecule has 0 aromatic heterocycles. The Hall–Kier alpha value is 0.0795. The van der Waals surface area contributed by atoms with Crippen molar-refractivity contribution in [1.82, 2.24) is 0 Å². The summed E-state index contributed by atoms with van der Waals surface area (Å²) in [6, 6.07) is 0. The maximum absolute atomic E-state index is 6.20. The van der Waals surface area contributed by atoms with Gasteiger partial charge in [0.1, 0.15) is 0 Å². The van der Waals surface area contributed by atoms with Crippen molar-refractivity contribution in [3.8, 4) is 5.92 Å². The number of hydrogen-bond acceptors (Lipinski definition) is 0. The zero-order valence-electron chi connectivity index (χ0n) is 3.01. The summed E-state index contributed by atoms with van der Waals surface area (Å²) >= 11 is 0. The molecule has 0 aliphatic carbocycles. The fraction of sp³-hybridized carbons (Fsp3) is 0.500. The topological polar surface area (TPSA) is 0 Å². The largest absolute Gasteiger partial charge is 1.00 e. The van der Waals surface area contributed by atoms with Gasteiger partial charge in [0, 0.05) is 0 Å². The Labute approximate surface area is 43.4 Å². The monoisotopic (exact) mass is 116 g/mol. The van der Waals surface area contributed by atoms with Gasteiger partial charge in [-0.2, -0.15) is 0 Å². The average Bonchev–Trinajstić information content (AvgIpc) is 1.37. The molecule has 0 fully saturated rings. The molecule has 0 atom stereocenters. The van der Waals surface area contributed by atoms with E-state index in [0.717, 1.165) is 6.42 Å². The molecule has 1 heteroatoms. The smallest absolute Gasteiger partial charge is 0.694 e. The minimum absolute atomic E-state index is 0. The van der Waals surface area contributed by atoms with Crippen LogP contribution in [-0.2, 0) is 17.1 Å². The minimum atomic E-state index is 0. The number of rotatable bonds is 0. The van der Waals surface area contributed by atoms with Crippen LogP contribution in [0.15, 0.2) is 0 Å². The molecule has 0 bridgehead atoms. The van der Waals surface area contributed by atoms with Gasteiger partial charge in [-0.25, -0.2) is 0 Å². The van der Waals surface area contributed by atoms with Crippen LogP contribution in [-0.4, -0.2) is 0 Å². The van der Waals surface area contributed by atoms with Crippen LogP contribution in [0.5, 0.6) is 0 Å². The second kappa shape index (κ2) is 8.95. The van der Waals surface area contributed by atoms with Gasteiger partial charge in [-0.1, -0.05) is 6.92 Å². The average molecular weight is 117 g/mol. The Morgan fingerprint density at radius 2 is 2.00 bits per heavy atom. The van der Waals surface area contributed by atoms with Gasteiger partial charge in [-0.05, 0) is 6.42 Å². The molecule has 0 heterocycles.